The monoisotopic (exact) mass is 434 g/mol. The first-order valence-electron chi connectivity index (χ1n) is 13.5. The summed E-state index contributed by atoms with van der Waals surface area (Å²) in [4.78, 5) is 0. The van der Waals surface area contributed by atoms with Crippen molar-refractivity contribution in [2.75, 3.05) is 0 Å². The van der Waals surface area contributed by atoms with E-state index in [4.69, 9.17) is 0 Å². The summed E-state index contributed by atoms with van der Waals surface area (Å²) in [5.41, 5.74) is 4.62. The SMILES string of the molecule is CCCCC[C@H]1CC[C@H](c2ccc(-c3ccc(C4CCC(F)(CC)CC4)cc3)cc2)CC1. The molecule has 1 heteroatoms. The van der Waals surface area contributed by atoms with Crippen molar-refractivity contribution in [2.24, 2.45) is 5.92 Å². The third-order valence-electron chi connectivity index (χ3n) is 8.68. The van der Waals surface area contributed by atoms with E-state index in [9.17, 15) is 4.39 Å². The van der Waals surface area contributed by atoms with Gasteiger partial charge in [-0.25, -0.2) is 4.39 Å². The largest absolute Gasteiger partial charge is 0.244 e. The summed E-state index contributed by atoms with van der Waals surface area (Å²) in [5, 5.41) is 0. The molecule has 0 saturated heterocycles. The van der Waals surface area contributed by atoms with Gasteiger partial charge in [-0.1, -0.05) is 88.1 Å². The molecule has 0 radical (unpaired) electrons. The minimum atomic E-state index is -0.910. The maximum atomic E-state index is 14.5. The molecule has 2 fully saturated rings. The quantitative estimate of drug-likeness (QED) is 0.362. The lowest BCUT2D eigenvalue weighted by Crippen LogP contribution is -2.27. The molecule has 2 aromatic carbocycles. The second-order valence-electron chi connectivity index (χ2n) is 10.7. The van der Waals surface area contributed by atoms with Gasteiger partial charge in [-0.3, -0.25) is 0 Å². The summed E-state index contributed by atoms with van der Waals surface area (Å²) in [6, 6.07) is 18.5. The molecular formula is C31H43F. The van der Waals surface area contributed by atoms with Gasteiger partial charge in [0, 0.05) is 0 Å². The molecule has 0 unspecified atom stereocenters. The minimum absolute atomic E-state index is 0.527. The topological polar surface area (TPSA) is 0 Å². The van der Waals surface area contributed by atoms with Gasteiger partial charge in [0.1, 0.15) is 5.67 Å². The van der Waals surface area contributed by atoms with Gasteiger partial charge in [0.2, 0.25) is 0 Å². The van der Waals surface area contributed by atoms with Crippen molar-refractivity contribution in [3.63, 3.8) is 0 Å². The third kappa shape index (κ3) is 5.83. The Morgan fingerprint density at radius 2 is 1.19 bits per heavy atom. The van der Waals surface area contributed by atoms with Gasteiger partial charge in [-0.2, -0.15) is 0 Å². The lowest BCUT2D eigenvalue weighted by molar-refractivity contribution is 0.0940. The summed E-state index contributed by atoms with van der Waals surface area (Å²) in [7, 11) is 0. The van der Waals surface area contributed by atoms with Gasteiger partial charge in [0.05, 0.1) is 0 Å². The van der Waals surface area contributed by atoms with E-state index in [0.717, 1.165) is 37.5 Å². The van der Waals surface area contributed by atoms with Gasteiger partial charge < -0.3 is 0 Å². The molecule has 0 amide bonds. The molecule has 0 heterocycles. The molecule has 0 spiro atoms. The van der Waals surface area contributed by atoms with Crippen LogP contribution in [0.1, 0.15) is 120 Å². The molecule has 0 nitrogen and oxygen atoms in total. The first kappa shape index (κ1) is 23.5. The molecule has 174 valence electrons. The van der Waals surface area contributed by atoms with Gasteiger partial charge in [-0.05, 0) is 97.8 Å². The van der Waals surface area contributed by atoms with E-state index in [2.05, 4.69) is 55.5 Å². The number of rotatable bonds is 8. The number of halogens is 1. The fourth-order valence-corrected chi connectivity index (χ4v) is 6.18. The number of unbranched alkanes of at least 4 members (excludes halogenated alkanes) is 2. The molecule has 2 aliphatic rings. The summed E-state index contributed by atoms with van der Waals surface area (Å²) >= 11 is 0. The molecule has 0 aromatic heterocycles. The number of benzene rings is 2. The van der Waals surface area contributed by atoms with Crippen molar-refractivity contribution in [2.45, 2.75) is 115 Å². The third-order valence-corrected chi connectivity index (χ3v) is 8.68. The van der Waals surface area contributed by atoms with Crippen LogP contribution < -0.4 is 0 Å². The molecule has 0 bridgehead atoms. The van der Waals surface area contributed by atoms with Crippen molar-refractivity contribution in [1.82, 2.24) is 0 Å². The van der Waals surface area contributed by atoms with Crippen molar-refractivity contribution in [3.8, 4) is 11.1 Å². The van der Waals surface area contributed by atoms with Crippen LogP contribution in [0.25, 0.3) is 11.1 Å². The van der Waals surface area contributed by atoms with Crippen LogP contribution >= 0.6 is 0 Å². The van der Waals surface area contributed by atoms with E-state index in [-0.39, 0.29) is 0 Å². The number of alkyl halides is 1. The summed E-state index contributed by atoms with van der Waals surface area (Å²) in [6.45, 7) is 4.29. The Morgan fingerprint density at radius 1 is 0.688 bits per heavy atom. The maximum absolute atomic E-state index is 14.5. The Balaban J connectivity index is 1.31. The minimum Gasteiger partial charge on any atom is -0.244 e. The maximum Gasteiger partial charge on any atom is 0.110 e. The van der Waals surface area contributed by atoms with Crippen LogP contribution in [0.4, 0.5) is 4.39 Å². The summed E-state index contributed by atoms with van der Waals surface area (Å²) < 4.78 is 14.5. The van der Waals surface area contributed by atoms with Crippen LogP contribution in [0.2, 0.25) is 0 Å². The Hall–Kier alpha value is -1.63. The van der Waals surface area contributed by atoms with E-state index < -0.39 is 5.67 Å². The van der Waals surface area contributed by atoms with Crippen LogP contribution in [0.3, 0.4) is 0 Å². The smallest absolute Gasteiger partial charge is 0.110 e. The van der Waals surface area contributed by atoms with Crippen molar-refractivity contribution in [1.29, 1.82) is 0 Å². The fourth-order valence-electron chi connectivity index (χ4n) is 6.18. The second kappa shape index (κ2) is 11.0. The zero-order valence-electron chi connectivity index (χ0n) is 20.4. The molecule has 2 aromatic rings. The Labute approximate surface area is 196 Å². The Morgan fingerprint density at radius 3 is 1.66 bits per heavy atom. The van der Waals surface area contributed by atoms with Crippen LogP contribution in [-0.2, 0) is 0 Å². The zero-order chi connectivity index (χ0) is 22.4. The fraction of sp³-hybridized carbons (Fsp3) is 0.613. The van der Waals surface area contributed by atoms with Crippen LogP contribution in [0.15, 0.2) is 48.5 Å². The van der Waals surface area contributed by atoms with Crippen LogP contribution in [0, 0.1) is 5.92 Å². The first-order valence-corrected chi connectivity index (χ1v) is 13.5. The molecular weight excluding hydrogens is 391 g/mol. The van der Waals surface area contributed by atoms with E-state index in [0.29, 0.717) is 12.3 Å². The molecule has 32 heavy (non-hydrogen) atoms. The predicted molar refractivity (Wildman–Crippen MR) is 136 cm³/mol. The van der Waals surface area contributed by atoms with Crippen molar-refractivity contribution in [3.05, 3.63) is 59.7 Å². The highest BCUT2D eigenvalue weighted by Crippen LogP contribution is 2.42. The van der Waals surface area contributed by atoms with Crippen molar-refractivity contribution < 1.29 is 4.39 Å². The second-order valence-corrected chi connectivity index (χ2v) is 10.7. The van der Waals surface area contributed by atoms with Gasteiger partial charge in [-0.15, -0.1) is 0 Å². The molecule has 2 aliphatic carbocycles. The molecule has 0 N–H and O–H groups in total. The number of hydrogen-bond donors (Lipinski definition) is 0. The van der Waals surface area contributed by atoms with E-state index in [1.807, 2.05) is 6.92 Å². The average Bonchev–Trinajstić information content (AvgIpc) is 2.85. The zero-order valence-corrected chi connectivity index (χ0v) is 20.4. The predicted octanol–water partition coefficient (Wildman–Crippen LogP) is 9.98. The normalized spacial score (nSPS) is 28.5. The molecule has 4 rings (SSSR count). The standard InChI is InChI=1S/C31H43F/c1-3-5-6-7-24-8-10-25(11-9-24)26-12-14-27(15-13-26)28-16-18-29(19-17-28)30-20-22-31(32,4-2)23-21-30/h12-19,24-25,30H,3-11,20-23H2,1-2H3/t24-,25-,30?,31?. The lowest BCUT2D eigenvalue weighted by Gasteiger charge is -2.33. The van der Waals surface area contributed by atoms with E-state index in [1.165, 1.54) is 73.6 Å². The highest BCUT2D eigenvalue weighted by molar-refractivity contribution is 5.64. The number of hydrogen-bond acceptors (Lipinski definition) is 0. The van der Waals surface area contributed by atoms with Gasteiger partial charge in [0.25, 0.3) is 0 Å². The highest BCUT2D eigenvalue weighted by atomic mass is 19.1. The Bertz CT molecular complexity index is 803. The van der Waals surface area contributed by atoms with E-state index in [1.54, 1.807) is 0 Å². The van der Waals surface area contributed by atoms with Gasteiger partial charge in [0.15, 0.2) is 0 Å². The average molecular weight is 435 g/mol. The van der Waals surface area contributed by atoms with Gasteiger partial charge >= 0.3 is 0 Å². The molecule has 0 aliphatic heterocycles. The lowest BCUT2D eigenvalue weighted by atomic mass is 9.76. The Kier molecular flexibility index (Phi) is 8.08. The summed E-state index contributed by atoms with van der Waals surface area (Å²) in [6.07, 6.45) is 15.3. The summed E-state index contributed by atoms with van der Waals surface area (Å²) in [5.74, 6) is 2.26. The molecule has 0 atom stereocenters. The van der Waals surface area contributed by atoms with Crippen LogP contribution in [-0.4, -0.2) is 5.67 Å². The highest BCUT2D eigenvalue weighted by Gasteiger charge is 2.33. The molecule has 2 saturated carbocycles. The van der Waals surface area contributed by atoms with Crippen LogP contribution in [0.5, 0.6) is 0 Å². The van der Waals surface area contributed by atoms with E-state index >= 15 is 0 Å². The first-order chi connectivity index (χ1) is 15.6. The van der Waals surface area contributed by atoms with Crippen molar-refractivity contribution >= 4 is 0 Å².